The van der Waals surface area contributed by atoms with Crippen molar-refractivity contribution < 1.29 is 9.72 Å². The third-order valence-corrected chi connectivity index (χ3v) is 3.95. The van der Waals surface area contributed by atoms with Crippen molar-refractivity contribution in [3.05, 3.63) is 94.5 Å². The van der Waals surface area contributed by atoms with Gasteiger partial charge in [0.15, 0.2) is 0 Å². The summed E-state index contributed by atoms with van der Waals surface area (Å²) in [5.41, 5.74) is 1.79. The minimum Gasteiger partial charge on any atom is -0.258 e. The third kappa shape index (κ3) is 3.17. The predicted molar refractivity (Wildman–Crippen MR) is 99.0 cm³/mol. The van der Waals surface area contributed by atoms with Gasteiger partial charge in [0.1, 0.15) is 11.9 Å². The highest BCUT2D eigenvalue weighted by Crippen LogP contribution is 2.17. The standard InChI is InChI=1S/C19H12N7O2/c1-20-15-7-12-18(21-13-15)25-23-19(14-5-3-2-4-6-14)22-24(25)16-8-10-17(11-9-16)26(27)28/h2-13H/q+1. The quantitative estimate of drug-likeness (QED) is 0.238. The topological polar surface area (TPSA) is 95.0 Å². The van der Waals surface area contributed by atoms with E-state index in [1.165, 1.54) is 27.9 Å². The summed E-state index contributed by atoms with van der Waals surface area (Å²) in [4.78, 5) is 21.1. The van der Waals surface area contributed by atoms with Gasteiger partial charge in [-0.15, -0.1) is 4.98 Å². The molecule has 0 amide bonds. The van der Waals surface area contributed by atoms with E-state index in [2.05, 4.69) is 20.0 Å². The first-order valence-electron chi connectivity index (χ1n) is 8.19. The summed E-state index contributed by atoms with van der Waals surface area (Å²) in [6.45, 7) is 7.06. The molecular weight excluding hydrogens is 358 g/mol. The van der Waals surface area contributed by atoms with E-state index in [-0.39, 0.29) is 5.69 Å². The summed E-state index contributed by atoms with van der Waals surface area (Å²) in [5.74, 6) is 0.926. The van der Waals surface area contributed by atoms with E-state index < -0.39 is 4.92 Å². The number of pyridine rings is 1. The zero-order valence-corrected chi connectivity index (χ0v) is 14.4. The van der Waals surface area contributed by atoms with Gasteiger partial charge in [-0.25, -0.2) is 4.85 Å². The van der Waals surface area contributed by atoms with E-state index in [4.69, 9.17) is 6.57 Å². The highest BCUT2D eigenvalue weighted by Gasteiger charge is 2.22. The fraction of sp³-hybridized carbons (Fsp3) is 0. The lowest BCUT2D eigenvalue weighted by Gasteiger charge is -2.00. The third-order valence-electron chi connectivity index (χ3n) is 3.95. The molecule has 0 fully saturated rings. The lowest BCUT2D eigenvalue weighted by molar-refractivity contribution is -0.737. The second-order valence-corrected chi connectivity index (χ2v) is 5.73. The van der Waals surface area contributed by atoms with Crippen molar-refractivity contribution >= 4 is 11.4 Å². The Morgan fingerprint density at radius 2 is 1.79 bits per heavy atom. The second-order valence-electron chi connectivity index (χ2n) is 5.73. The van der Waals surface area contributed by atoms with Crippen LogP contribution < -0.4 is 4.80 Å². The molecule has 0 aliphatic carbocycles. The molecule has 0 spiro atoms. The van der Waals surface area contributed by atoms with Crippen molar-refractivity contribution in [1.82, 2.24) is 20.0 Å². The molecule has 0 atom stereocenters. The normalized spacial score (nSPS) is 10.4. The predicted octanol–water partition coefficient (Wildman–Crippen LogP) is 3.06. The summed E-state index contributed by atoms with van der Waals surface area (Å²) >= 11 is 0. The molecule has 0 bridgehead atoms. The molecule has 28 heavy (non-hydrogen) atoms. The van der Waals surface area contributed by atoms with Crippen molar-refractivity contribution in [3.63, 3.8) is 0 Å². The Hall–Kier alpha value is -4.45. The largest absolute Gasteiger partial charge is 0.303 e. The van der Waals surface area contributed by atoms with Crippen LogP contribution in [0.5, 0.6) is 0 Å². The van der Waals surface area contributed by atoms with Gasteiger partial charge in [-0.1, -0.05) is 18.2 Å². The Balaban J connectivity index is 1.86. The number of nitrogens with zero attached hydrogens (tertiary/aromatic N) is 7. The van der Waals surface area contributed by atoms with Crippen LogP contribution in [-0.2, 0) is 0 Å². The van der Waals surface area contributed by atoms with Crippen LogP contribution >= 0.6 is 0 Å². The fourth-order valence-electron chi connectivity index (χ4n) is 2.57. The molecule has 0 aliphatic rings. The van der Waals surface area contributed by atoms with Crippen LogP contribution in [0.4, 0.5) is 11.4 Å². The van der Waals surface area contributed by atoms with Crippen LogP contribution in [0, 0.1) is 16.7 Å². The number of rotatable bonds is 4. The SMILES string of the molecule is [C-]#[N+]c1ccc(-[n+]2nc(-c3ccccc3)nn2-c2ccc([N+](=O)[O-])cc2)nc1. The second kappa shape index (κ2) is 7.05. The molecule has 9 heteroatoms. The van der Waals surface area contributed by atoms with Crippen LogP contribution in [-0.4, -0.2) is 24.9 Å². The number of hydrogen-bond acceptors (Lipinski definition) is 5. The maximum Gasteiger partial charge on any atom is 0.303 e. The lowest BCUT2D eigenvalue weighted by Crippen LogP contribution is -2.44. The van der Waals surface area contributed by atoms with Crippen LogP contribution in [0.2, 0.25) is 0 Å². The zero-order valence-electron chi connectivity index (χ0n) is 14.4. The summed E-state index contributed by atoms with van der Waals surface area (Å²) in [6.07, 6.45) is 1.45. The summed E-state index contributed by atoms with van der Waals surface area (Å²) < 4.78 is 0. The average Bonchev–Trinajstić information content (AvgIpc) is 3.20. The number of aromatic nitrogens is 5. The van der Waals surface area contributed by atoms with Crippen molar-refractivity contribution in [2.45, 2.75) is 0 Å². The van der Waals surface area contributed by atoms with E-state index in [1.54, 1.807) is 24.3 Å². The van der Waals surface area contributed by atoms with Crippen LogP contribution in [0.25, 0.3) is 27.7 Å². The fourth-order valence-corrected chi connectivity index (χ4v) is 2.57. The molecule has 4 rings (SSSR count). The Labute approximate surface area is 159 Å². The summed E-state index contributed by atoms with van der Waals surface area (Å²) in [5, 5.41) is 20.0. The van der Waals surface area contributed by atoms with Gasteiger partial charge in [0.05, 0.1) is 11.5 Å². The smallest absolute Gasteiger partial charge is 0.258 e. The monoisotopic (exact) mass is 370 g/mol. The summed E-state index contributed by atoms with van der Waals surface area (Å²) in [6, 6.07) is 18.7. The Morgan fingerprint density at radius 1 is 1.04 bits per heavy atom. The van der Waals surface area contributed by atoms with Gasteiger partial charge < -0.3 is 0 Å². The molecule has 9 nitrogen and oxygen atoms in total. The van der Waals surface area contributed by atoms with Gasteiger partial charge in [-0.3, -0.25) is 10.1 Å². The first kappa shape index (κ1) is 17.0. The summed E-state index contributed by atoms with van der Waals surface area (Å²) in [7, 11) is 0. The molecule has 0 saturated heterocycles. The number of nitro groups is 1. The Morgan fingerprint density at radius 3 is 2.39 bits per heavy atom. The highest BCUT2D eigenvalue weighted by molar-refractivity contribution is 5.53. The van der Waals surface area contributed by atoms with E-state index in [0.717, 1.165) is 5.56 Å². The van der Waals surface area contributed by atoms with E-state index in [1.807, 2.05) is 30.3 Å². The maximum absolute atomic E-state index is 10.9. The number of hydrogen-bond donors (Lipinski definition) is 0. The number of tetrazole rings is 1. The molecule has 0 radical (unpaired) electrons. The van der Waals surface area contributed by atoms with Gasteiger partial charge >= 0.3 is 5.82 Å². The minimum absolute atomic E-state index is 0.0155. The van der Waals surface area contributed by atoms with Crippen molar-refractivity contribution in [2.24, 2.45) is 0 Å². The molecule has 2 aromatic heterocycles. The molecule has 0 saturated carbocycles. The van der Waals surface area contributed by atoms with Crippen molar-refractivity contribution in [2.75, 3.05) is 0 Å². The first-order chi connectivity index (χ1) is 13.7. The van der Waals surface area contributed by atoms with E-state index >= 15 is 0 Å². The maximum atomic E-state index is 10.9. The number of benzene rings is 2. The van der Waals surface area contributed by atoms with E-state index in [9.17, 15) is 10.1 Å². The number of nitro benzene ring substituents is 1. The van der Waals surface area contributed by atoms with Gasteiger partial charge in [-0.05, 0) is 45.0 Å². The molecule has 134 valence electrons. The van der Waals surface area contributed by atoms with Crippen molar-refractivity contribution in [1.29, 1.82) is 0 Å². The Bertz CT molecular complexity index is 1180. The van der Waals surface area contributed by atoms with Gasteiger partial charge in [0.25, 0.3) is 11.5 Å². The molecule has 2 heterocycles. The molecule has 4 aromatic rings. The van der Waals surface area contributed by atoms with Crippen molar-refractivity contribution in [3.8, 4) is 22.9 Å². The zero-order chi connectivity index (χ0) is 19.5. The molecular formula is C19H12N7O2+. The van der Waals surface area contributed by atoms with Gasteiger partial charge in [0, 0.05) is 28.9 Å². The van der Waals surface area contributed by atoms with Crippen LogP contribution in [0.1, 0.15) is 0 Å². The number of non-ortho nitro benzene ring substituents is 1. The van der Waals surface area contributed by atoms with E-state index in [0.29, 0.717) is 23.0 Å². The minimum atomic E-state index is -0.459. The highest BCUT2D eigenvalue weighted by atomic mass is 16.6. The molecule has 0 unspecified atom stereocenters. The van der Waals surface area contributed by atoms with Crippen LogP contribution in [0.15, 0.2) is 72.9 Å². The molecule has 0 aliphatic heterocycles. The first-order valence-corrected chi connectivity index (χ1v) is 8.19. The van der Waals surface area contributed by atoms with Crippen LogP contribution in [0.3, 0.4) is 0 Å². The van der Waals surface area contributed by atoms with Gasteiger partial charge in [-0.2, -0.15) is 0 Å². The molecule has 2 aromatic carbocycles. The lowest BCUT2D eigenvalue weighted by atomic mass is 10.2. The van der Waals surface area contributed by atoms with Gasteiger partial charge in [0.2, 0.25) is 5.69 Å². The average molecular weight is 370 g/mol. The Kier molecular flexibility index (Phi) is 4.28. The molecule has 0 N–H and O–H groups in total.